The maximum Gasteiger partial charge on any atom is 0.145 e. The number of nitrogens with zero attached hydrogens (tertiary/aromatic N) is 1. The molecule has 2 nitrogen and oxygen atoms in total. The first kappa shape index (κ1) is 15.1. The van der Waals surface area contributed by atoms with Crippen molar-refractivity contribution in [1.29, 1.82) is 0 Å². The van der Waals surface area contributed by atoms with Gasteiger partial charge in [0.25, 0.3) is 0 Å². The smallest absolute Gasteiger partial charge is 0.145 e. The number of allylic oxidation sites excluding steroid dienone is 2. The second-order valence-corrected chi connectivity index (χ2v) is 3.97. The van der Waals surface area contributed by atoms with Crippen molar-refractivity contribution in [3.05, 3.63) is 35.9 Å². The molecule has 1 aliphatic rings. The van der Waals surface area contributed by atoms with Gasteiger partial charge in [0, 0.05) is 57.1 Å². The Bertz CT molecular complexity index is 438. The third-order valence-electron chi connectivity index (χ3n) is 2.53. The van der Waals surface area contributed by atoms with Crippen LogP contribution in [0.3, 0.4) is 0 Å². The molecule has 0 unspecified atom stereocenters. The van der Waals surface area contributed by atoms with Gasteiger partial charge in [-0.1, -0.05) is 25.1 Å². The summed E-state index contributed by atoms with van der Waals surface area (Å²) >= 11 is 0. The molecule has 0 amide bonds. The molecular formula is C14H17KNO. The number of ether oxygens (including phenoxy) is 1. The van der Waals surface area contributed by atoms with Gasteiger partial charge >= 0.3 is 0 Å². The molecule has 0 aromatic heterocycles. The van der Waals surface area contributed by atoms with E-state index in [0.29, 0.717) is 0 Å². The minimum Gasteiger partial charge on any atom is -0.491 e. The van der Waals surface area contributed by atoms with E-state index in [4.69, 9.17) is 4.74 Å². The Hall–Kier alpha value is 0.0664. The van der Waals surface area contributed by atoms with Gasteiger partial charge in [0.15, 0.2) is 0 Å². The molecule has 3 heteroatoms. The largest absolute Gasteiger partial charge is 0.491 e. The van der Waals surface area contributed by atoms with Gasteiger partial charge in [0.2, 0.25) is 0 Å². The molecule has 1 aliphatic heterocycles. The van der Waals surface area contributed by atoms with Crippen molar-refractivity contribution in [3.63, 3.8) is 0 Å². The fourth-order valence-electron chi connectivity index (χ4n) is 1.76. The van der Waals surface area contributed by atoms with Crippen LogP contribution in [0.15, 0.2) is 35.3 Å². The number of hydrogen-bond donors (Lipinski definition) is 0. The Morgan fingerprint density at radius 1 is 1.35 bits per heavy atom. The summed E-state index contributed by atoms with van der Waals surface area (Å²) in [5.74, 6) is 0.905. The Labute approximate surface area is 146 Å². The molecule has 0 spiro atoms. The van der Waals surface area contributed by atoms with Crippen LogP contribution in [0, 0.1) is 0 Å². The van der Waals surface area contributed by atoms with E-state index in [1.807, 2.05) is 19.1 Å². The van der Waals surface area contributed by atoms with Crippen LogP contribution >= 0.6 is 0 Å². The predicted molar refractivity (Wildman–Crippen MR) is 73.6 cm³/mol. The SMILES string of the molecule is CCCOc1cccc2c1N=C(C)C=CC2.[K]. The van der Waals surface area contributed by atoms with Crippen LogP contribution in [-0.2, 0) is 6.42 Å². The van der Waals surface area contributed by atoms with Crippen LogP contribution in [0.1, 0.15) is 25.8 Å². The first-order chi connectivity index (χ1) is 7.81. The Morgan fingerprint density at radius 2 is 2.18 bits per heavy atom. The van der Waals surface area contributed by atoms with Crippen LogP contribution in [-0.4, -0.2) is 63.7 Å². The number of fused-ring (bicyclic) bond motifs is 1. The fourth-order valence-corrected chi connectivity index (χ4v) is 1.76. The van der Waals surface area contributed by atoms with E-state index in [1.54, 1.807) is 0 Å². The van der Waals surface area contributed by atoms with Crippen LogP contribution in [0.25, 0.3) is 0 Å². The van der Waals surface area contributed by atoms with Gasteiger partial charge in [0.1, 0.15) is 11.4 Å². The first-order valence-corrected chi connectivity index (χ1v) is 5.77. The number of hydrogen-bond acceptors (Lipinski definition) is 2. The van der Waals surface area contributed by atoms with E-state index in [2.05, 4.69) is 30.1 Å². The Kier molecular flexibility index (Phi) is 6.66. The van der Waals surface area contributed by atoms with Crippen LogP contribution in [0.5, 0.6) is 5.75 Å². The number of benzene rings is 1. The van der Waals surface area contributed by atoms with Gasteiger partial charge in [-0.2, -0.15) is 0 Å². The van der Waals surface area contributed by atoms with Crippen molar-refractivity contribution in [3.8, 4) is 5.75 Å². The summed E-state index contributed by atoms with van der Waals surface area (Å²) in [6.45, 7) is 4.87. The summed E-state index contributed by atoms with van der Waals surface area (Å²) in [7, 11) is 0. The third kappa shape index (κ3) is 4.04. The van der Waals surface area contributed by atoms with Crippen LogP contribution in [0.2, 0.25) is 0 Å². The zero-order valence-electron chi connectivity index (χ0n) is 10.9. The summed E-state index contributed by atoms with van der Waals surface area (Å²) in [5, 5.41) is 0. The standard InChI is InChI=1S/C14H17NO.K/c1-3-10-16-13-9-5-8-12-7-4-6-11(2)15-14(12)13;/h4-6,8-9H,3,7,10H2,1-2H3;. The summed E-state index contributed by atoms with van der Waals surface area (Å²) in [6, 6.07) is 6.14. The molecule has 0 N–H and O–H groups in total. The van der Waals surface area contributed by atoms with Crippen molar-refractivity contribution in [2.75, 3.05) is 6.61 Å². The molecule has 0 saturated carbocycles. The van der Waals surface area contributed by atoms with E-state index in [9.17, 15) is 0 Å². The molecule has 1 radical (unpaired) electrons. The average molecular weight is 254 g/mol. The Balaban J connectivity index is 0.00000144. The van der Waals surface area contributed by atoms with Gasteiger partial charge in [-0.05, 0) is 37.5 Å². The predicted octanol–water partition coefficient (Wildman–Crippen LogP) is 3.30. The van der Waals surface area contributed by atoms with Crippen LogP contribution < -0.4 is 4.74 Å². The van der Waals surface area contributed by atoms with E-state index in [-0.39, 0.29) is 51.4 Å². The quantitative estimate of drug-likeness (QED) is 0.758. The third-order valence-corrected chi connectivity index (χ3v) is 2.53. The van der Waals surface area contributed by atoms with Gasteiger partial charge in [-0.3, -0.25) is 0 Å². The molecule has 0 bridgehead atoms. The normalized spacial score (nSPS) is 13.2. The van der Waals surface area contributed by atoms with Crippen molar-refractivity contribution >= 4 is 62.8 Å². The minimum atomic E-state index is 0. The zero-order valence-corrected chi connectivity index (χ0v) is 14.0. The first-order valence-electron chi connectivity index (χ1n) is 5.77. The molecule has 1 aromatic rings. The van der Waals surface area contributed by atoms with Crippen molar-refractivity contribution in [2.45, 2.75) is 26.7 Å². The summed E-state index contributed by atoms with van der Waals surface area (Å²) in [4.78, 5) is 4.60. The van der Waals surface area contributed by atoms with E-state index < -0.39 is 0 Å². The van der Waals surface area contributed by atoms with E-state index in [0.717, 1.165) is 36.6 Å². The number of rotatable bonds is 3. The van der Waals surface area contributed by atoms with Crippen LogP contribution in [0.4, 0.5) is 5.69 Å². The van der Waals surface area contributed by atoms with Crippen molar-refractivity contribution < 1.29 is 4.74 Å². The van der Waals surface area contributed by atoms with Gasteiger partial charge in [-0.25, -0.2) is 4.99 Å². The molecule has 0 atom stereocenters. The molecule has 0 fully saturated rings. The Morgan fingerprint density at radius 3 is 2.94 bits per heavy atom. The molecule has 2 rings (SSSR count). The zero-order chi connectivity index (χ0) is 11.4. The molecule has 17 heavy (non-hydrogen) atoms. The van der Waals surface area contributed by atoms with Gasteiger partial charge in [0.05, 0.1) is 6.61 Å². The fraction of sp³-hybridized carbons (Fsp3) is 0.357. The summed E-state index contributed by atoms with van der Waals surface area (Å²) in [5.41, 5.74) is 3.27. The topological polar surface area (TPSA) is 21.6 Å². The van der Waals surface area contributed by atoms with Gasteiger partial charge in [-0.15, -0.1) is 0 Å². The maximum absolute atomic E-state index is 5.72. The van der Waals surface area contributed by atoms with Gasteiger partial charge < -0.3 is 4.74 Å². The van der Waals surface area contributed by atoms with E-state index in [1.165, 1.54) is 5.56 Å². The second-order valence-electron chi connectivity index (χ2n) is 3.97. The molecule has 85 valence electrons. The molecular weight excluding hydrogens is 237 g/mol. The van der Waals surface area contributed by atoms with Crippen molar-refractivity contribution in [2.24, 2.45) is 4.99 Å². The summed E-state index contributed by atoms with van der Waals surface area (Å²) < 4.78 is 5.72. The summed E-state index contributed by atoms with van der Waals surface area (Å²) in [6.07, 6.45) is 6.15. The molecule has 0 saturated heterocycles. The van der Waals surface area contributed by atoms with Crippen molar-refractivity contribution in [1.82, 2.24) is 0 Å². The molecule has 0 aliphatic carbocycles. The number of para-hydroxylation sites is 1. The number of aliphatic imine (C=N–C) groups is 1. The maximum atomic E-state index is 5.72. The van der Waals surface area contributed by atoms with E-state index >= 15 is 0 Å². The monoisotopic (exact) mass is 254 g/mol. The second kappa shape index (κ2) is 7.49. The minimum absolute atomic E-state index is 0. The molecule has 1 aromatic carbocycles. The average Bonchev–Trinajstić information content (AvgIpc) is 2.47. The molecule has 1 heterocycles.